The molecule has 4 rings (SSSR count). The maximum atomic E-state index is 13.1. The van der Waals surface area contributed by atoms with Crippen molar-refractivity contribution >= 4 is 23.2 Å². The first-order valence-corrected chi connectivity index (χ1v) is 10.5. The number of amides is 2. The predicted molar refractivity (Wildman–Crippen MR) is 112 cm³/mol. The summed E-state index contributed by atoms with van der Waals surface area (Å²) >= 11 is 1.54. The van der Waals surface area contributed by atoms with Crippen LogP contribution in [0.3, 0.4) is 0 Å². The lowest BCUT2D eigenvalue weighted by atomic mass is 10.1. The van der Waals surface area contributed by atoms with Crippen LogP contribution in [0, 0.1) is 0 Å². The van der Waals surface area contributed by atoms with Crippen LogP contribution in [0.5, 0.6) is 0 Å². The van der Waals surface area contributed by atoms with Crippen molar-refractivity contribution < 1.29 is 9.59 Å². The predicted octanol–water partition coefficient (Wildman–Crippen LogP) is 3.06. The molecule has 1 fully saturated rings. The molecule has 1 N–H and O–H groups in total. The van der Waals surface area contributed by atoms with Gasteiger partial charge in [-0.2, -0.15) is 0 Å². The van der Waals surface area contributed by atoms with E-state index in [1.165, 1.54) is 0 Å². The van der Waals surface area contributed by atoms with Crippen LogP contribution in [0.15, 0.2) is 60.2 Å². The lowest BCUT2D eigenvalue weighted by Gasteiger charge is -2.25. The highest BCUT2D eigenvalue weighted by atomic mass is 32.1. The Hall–Kier alpha value is -3.06. The minimum absolute atomic E-state index is 0.0000799. The number of carbonyl (C=O) groups is 2. The molecule has 1 saturated heterocycles. The Morgan fingerprint density at radius 3 is 2.79 bits per heavy atom. The third kappa shape index (κ3) is 5.06. The minimum atomic E-state index is -0.00145. The highest BCUT2D eigenvalue weighted by Gasteiger charge is 2.26. The van der Waals surface area contributed by atoms with Crippen LogP contribution in [-0.4, -0.2) is 39.3 Å². The number of hydrogen-bond acceptors (Lipinski definition) is 5. The maximum Gasteiger partial charge on any atom is 0.228 e. The Labute approximate surface area is 173 Å². The van der Waals surface area contributed by atoms with Gasteiger partial charge in [0.05, 0.1) is 12.1 Å². The molecule has 7 heteroatoms. The van der Waals surface area contributed by atoms with Gasteiger partial charge in [0.15, 0.2) is 0 Å². The molecule has 3 aromatic rings. The lowest BCUT2D eigenvalue weighted by Crippen LogP contribution is -2.42. The summed E-state index contributed by atoms with van der Waals surface area (Å²) in [5.74, 6) is 0.0516. The number of rotatable bonds is 7. The van der Waals surface area contributed by atoms with E-state index in [-0.39, 0.29) is 24.3 Å². The van der Waals surface area contributed by atoms with Crippen LogP contribution in [0.25, 0.3) is 10.6 Å². The molecule has 148 valence electrons. The molecule has 2 aromatic heterocycles. The van der Waals surface area contributed by atoms with Gasteiger partial charge in [0, 0.05) is 48.9 Å². The SMILES string of the molecule is O=C1CC[C@@H](CN(Cc2cccnc2)C(=O)Cc2csc(-c3ccccc3)n2)N1. The molecular weight excluding hydrogens is 384 g/mol. The van der Waals surface area contributed by atoms with Crippen molar-refractivity contribution in [2.24, 2.45) is 0 Å². The third-order valence-electron chi connectivity index (χ3n) is 4.88. The van der Waals surface area contributed by atoms with Crippen LogP contribution in [0.4, 0.5) is 0 Å². The number of pyridine rings is 1. The zero-order chi connectivity index (χ0) is 20.1. The molecule has 0 radical (unpaired) electrons. The Kier molecular flexibility index (Phi) is 5.95. The number of carbonyl (C=O) groups excluding carboxylic acids is 2. The number of thiazole rings is 1. The molecule has 2 amide bonds. The summed E-state index contributed by atoms with van der Waals surface area (Å²) in [6.07, 6.45) is 5.00. The quantitative estimate of drug-likeness (QED) is 0.654. The van der Waals surface area contributed by atoms with Gasteiger partial charge in [0.25, 0.3) is 0 Å². The topological polar surface area (TPSA) is 75.2 Å². The van der Waals surface area contributed by atoms with Crippen LogP contribution in [-0.2, 0) is 22.6 Å². The molecule has 1 aromatic carbocycles. The van der Waals surface area contributed by atoms with Gasteiger partial charge in [0.1, 0.15) is 5.01 Å². The van der Waals surface area contributed by atoms with Gasteiger partial charge >= 0.3 is 0 Å². The fourth-order valence-corrected chi connectivity index (χ4v) is 4.24. The second-order valence-corrected chi connectivity index (χ2v) is 7.98. The summed E-state index contributed by atoms with van der Waals surface area (Å²) < 4.78 is 0. The van der Waals surface area contributed by atoms with E-state index in [1.807, 2.05) is 47.8 Å². The fraction of sp³-hybridized carbons (Fsp3) is 0.273. The maximum absolute atomic E-state index is 13.1. The lowest BCUT2D eigenvalue weighted by molar-refractivity contribution is -0.131. The Morgan fingerprint density at radius 1 is 1.21 bits per heavy atom. The summed E-state index contributed by atoms with van der Waals surface area (Å²) in [6.45, 7) is 0.962. The van der Waals surface area contributed by atoms with Crippen molar-refractivity contribution in [3.63, 3.8) is 0 Å². The summed E-state index contributed by atoms with van der Waals surface area (Å²) in [5, 5.41) is 5.81. The highest BCUT2D eigenvalue weighted by Crippen LogP contribution is 2.24. The largest absolute Gasteiger partial charge is 0.352 e. The van der Waals surface area contributed by atoms with Crippen molar-refractivity contribution in [1.82, 2.24) is 20.2 Å². The normalized spacial score (nSPS) is 15.9. The summed E-state index contributed by atoms with van der Waals surface area (Å²) in [5.41, 5.74) is 2.79. The van der Waals surface area contributed by atoms with Crippen LogP contribution >= 0.6 is 11.3 Å². The van der Waals surface area contributed by atoms with E-state index in [4.69, 9.17) is 0 Å². The zero-order valence-corrected chi connectivity index (χ0v) is 16.8. The van der Waals surface area contributed by atoms with Crippen LogP contribution in [0.1, 0.15) is 24.1 Å². The molecule has 6 nitrogen and oxygen atoms in total. The van der Waals surface area contributed by atoms with Crippen LogP contribution < -0.4 is 5.32 Å². The molecule has 3 heterocycles. The fourth-order valence-electron chi connectivity index (χ4n) is 3.42. The Bertz CT molecular complexity index is 975. The summed E-state index contributed by atoms with van der Waals surface area (Å²) in [6, 6.07) is 13.8. The molecule has 0 bridgehead atoms. The average molecular weight is 407 g/mol. The zero-order valence-electron chi connectivity index (χ0n) is 16.0. The smallest absolute Gasteiger partial charge is 0.228 e. The van der Waals surface area contributed by atoms with Crippen molar-refractivity contribution in [2.45, 2.75) is 31.8 Å². The van der Waals surface area contributed by atoms with Gasteiger partial charge in [-0.3, -0.25) is 14.6 Å². The van der Waals surface area contributed by atoms with Crippen LogP contribution in [0.2, 0.25) is 0 Å². The molecule has 29 heavy (non-hydrogen) atoms. The number of hydrogen-bond donors (Lipinski definition) is 1. The molecule has 1 aliphatic heterocycles. The van der Waals surface area contributed by atoms with Gasteiger partial charge < -0.3 is 10.2 Å². The molecule has 0 spiro atoms. The average Bonchev–Trinajstić information content (AvgIpc) is 3.38. The van der Waals surface area contributed by atoms with Crippen molar-refractivity contribution in [3.05, 3.63) is 71.5 Å². The molecule has 0 unspecified atom stereocenters. The van der Waals surface area contributed by atoms with Gasteiger partial charge in [0.2, 0.25) is 11.8 Å². The van der Waals surface area contributed by atoms with Crippen molar-refractivity contribution in [3.8, 4) is 10.6 Å². The molecule has 0 aliphatic carbocycles. The molecule has 0 saturated carbocycles. The van der Waals surface area contributed by atoms with E-state index in [0.29, 0.717) is 19.5 Å². The molecular formula is C22H22N4O2S. The van der Waals surface area contributed by atoms with E-state index in [9.17, 15) is 9.59 Å². The van der Waals surface area contributed by atoms with Crippen molar-refractivity contribution in [2.75, 3.05) is 6.54 Å². The van der Waals surface area contributed by atoms with E-state index in [1.54, 1.807) is 28.6 Å². The number of benzene rings is 1. The number of aromatic nitrogens is 2. The van der Waals surface area contributed by atoms with E-state index in [0.717, 1.165) is 28.2 Å². The third-order valence-corrected chi connectivity index (χ3v) is 5.82. The first-order chi connectivity index (χ1) is 14.2. The number of nitrogens with one attached hydrogen (secondary N) is 1. The first-order valence-electron chi connectivity index (χ1n) is 9.63. The van der Waals surface area contributed by atoms with Gasteiger partial charge in [-0.15, -0.1) is 11.3 Å². The van der Waals surface area contributed by atoms with Gasteiger partial charge in [-0.1, -0.05) is 36.4 Å². The summed E-state index contributed by atoms with van der Waals surface area (Å²) in [4.78, 5) is 35.2. The molecule has 1 aliphatic rings. The Morgan fingerprint density at radius 2 is 2.07 bits per heavy atom. The standard InChI is InChI=1S/C22H22N4O2S/c27-20-9-8-18(24-20)14-26(13-16-5-4-10-23-12-16)21(28)11-19-15-29-22(25-19)17-6-2-1-3-7-17/h1-7,10,12,15,18H,8-9,11,13-14H2,(H,24,27)/t18-/m0/s1. The second-order valence-electron chi connectivity index (χ2n) is 7.13. The second kappa shape index (κ2) is 8.96. The van der Waals surface area contributed by atoms with Gasteiger partial charge in [-0.05, 0) is 18.1 Å². The van der Waals surface area contributed by atoms with Crippen molar-refractivity contribution in [1.29, 1.82) is 0 Å². The Balaban J connectivity index is 1.47. The van der Waals surface area contributed by atoms with Gasteiger partial charge in [-0.25, -0.2) is 4.98 Å². The number of nitrogens with zero attached hydrogens (tertiary/aromatic N) is 3. The minimum Gasteiger partial charge on any atom is -0.352 e. The van der Waals surface area contributed by atoms with E-state index >= 15 is 0 Å². The highest BCUT2D eigenvalue weighted by molar-refractivity contribution is 7.13. The summed E-state index contributed by atoms with van der Waals surface area (Å²) in [7, 11) is 0. The first kappa shape index (κ1) is 19.3. The monoisotopic (exact) mass is 406 g/mol. The van der Waals surface area contributed by atoms with E-state index in [2.05, 4.69) is 15.3 Å². The molecule has 1 atom stereocenters. The van der Waals surface area contributed by atoms with E-state index < -0.39 is 0 Å².